The number of nitrogens with zero attached hydrogens (tertiary/aromatic N) is 4. The minimum atomic E-state index is 0.311. The summed E-state index contributed by atoms with van der Waals surface area (Å²) in [6.07, 6.45) is 6.14. The second-order valence-corrected chi connectivity index (χ2v) is 6.28. The fraction of sp³-hybridized carbons (Fsp3) is 0.562. The lowest BCUT2D eigenvalue weighted by Crippen LogP contribution is -2.40. The fourth-order valence-corrected chi connectivity index (χ4v) is 3.41. The Morgan fingerprint density at radius 3 is 3.00 bits per heavy atom. The molecule has 4 rings (SSSR count). The molecule has 0 aromatic carbocycles. The quantitative estimate of drug-likeness (QED) is 0.848. The van der Waals surface area contributed by atoms with Gasteiger partial charge in [-0.3, -0.25) is 9.48 Å². The molecule has 1 aliphatic carbocycles. The molecule has 5 nitrogen and oxygen atoms in total. The molecule has 1 saturated carbocycles. The molecule has 110 valence electrons. The molecule has 0 unspecified atom stereocenters. The lowest BCUT2D eigenvalue weighted by atomic mass is 9.93. The Hall–Kier alpha value is -1.91. The van der Waals surface area contributed by atoms with Crippen LogP contribution < -0.4 is 0 Å². The van der Waals surface area contributed by atoms with Crippen LogP contribution in [0, 0.1) is 5.92 Å². The van der Waals surface area contributed by atoms with E-state index < -0.39 is 0 Å². The predicted octanol–water partition coefficient (Wildman–Crippen LogP) is 2.08. The van der Waals surface area contributed by atoms with E-state index >= 15 is 0 Å². The van der Waals surface area contributed by atoms with Crippen molar-refractivity contribution in [1.82, 2.24) is 19.7 Å². The van der Waals surface area contributed by atoms with Crippen molar-refractivity contribution in [2.24, 2.45) is 13.0 Å². The van der Waals surface area contributed by atoms with Crippen LogP contribution in [0.25, 0.3) is 11.0 Å². The lowest BCUT2D eigenvalue weighted by molar-refractivity contribution is -0.133. The minimum absolute atomic E-state index is 0.311. The number of carbonyl (C=O) groups is 1. The standard InChI is InChI=1S/C16H20N4O/c1-19-15-13(5-2-8-17-15)14(18-19)12-4-3-9-20(10-12)16(21)11-6-7-11/h2,5,8,11-12H,3-4,6-7,9-10H2,1H3/t12-/m1/s1. The van der Waals surface area contributed by atoms with Crippen molar-refractivity contribution < 1.29 is 4.79 Å². The van der Waals surface area contributed by atoms with Crippen LogP contribution in [-0.2, 0) is 11.8 Å². The first-order valence-corrected chi connectivity index (χ1v) is 7.80. The van der Waals surface area contributed by atoms with E-state index in [0.717, 1.165) is 55.5 Å². The zero-order valence-corrected chi connectivity index (χ0v) is 12.3. The fourth-order valence-electron chi connectivity index (χ4n) is 3.41. The van der Waals surface area contributed by atoms with Gasteiger partial charge in [0.15, 0.2) is 5.65 Å². The first kappa shape index (κ1) is 12.8. The zero-order chi connectivity index (χ0) is 14.4. The van der Waals surface area contributed by atoms with Crippen LogP contribution in [0.4, 0.5) is 0 Å². The Balaban J connectivity index is 1.63. The van der Waals surface area contributed by atoms with Crippen LogP contribution in [0.2, 0.25) is 0 Å². The number of amides is 1. The van der Waals surface area contributed by atoms with Gasteiger partial charge in [0.25, 0.3) is 0 Å². The number of fused-ring (bicyclic) bond motifs is 1. The third kappa shape index (κ3) is 2.20. The maximum absolute atomic E-state index is 12.3. The van der Waals surface area contributed by atoms with Crippen LogP contribution in [0.5, 0.6) is 0 Å². The number of hydrogen-bond donors (Lipinski definition) is 0. The van der Waals surface area contributed by atoms with E-state index in [1.807, 2.05) is 17.8 Å². The van der Waals surface area contributed by atoms with Crippen LogP contribution in [0.1, 0.15) is 37.3 Å². The number of aryl methyl sites for hydroxylation is 1. The van der Waals surface area contributed by atoms with Gasteiger partial charge in [-0.15, -0.1) is 0 Å². The first-order chi connectivity index (χ1) is 10.2. The topological polar surface area (TPSA) is 51.0 Å². The van der Waals surface area contributed by atoms with Crippen molar-refractivity contribution in [3.63, 3.8) is 0 Å². The number of rotatable bonds is 2. The van der Waals surface area contributed by atoms with Crippen LogP contribution in [0.15, 0.2) is 18.3 Å². The van der Waals surface area contributed by atoms with Crippen molar-refractivity contribution in [1.29, 1.82) is 0 Å². The normalized spacial score (nSPS) is 22.7. The molecule has 3 heterocycles. The number of piperidine rings is 1. The highest BCUT2D eigenvalue weighted by Gasteiger charge is 2.36. The van der Waals surface area contributed by atoms with Gasteiger partial charge in [-0.05, 0) is 37.8 Å². The highest BCUT2D eigenvalue weighted by atomic mass is 16.2. The molecular formula is C16H20N4O. The van der Waals surface area contributed by atoms with Crippen LogP contribution in [0.3, 0.4) is 0 Å². The third-order valence-electron chi connectivity index (χ3n) is 4.67. The molecule has 2 aliphatic rings. The molecule has 5 heteroatoms. The molecule has 1 saturated heterocycles. The van der Waals surface area contributed by atoms with E-state index in [9.17, 15) is 4.79 Å². The second-order valence-electron chi connectivity index (χ2n) is 6.28. The SMILES string of the molecule is Cn1nc([C@@H]2CCCN(C(=O)C3CC3)C2)c2cccnc21. The van der Waals surface area contributed by atoms with Gasteiger partial charge in [-0.1, -0.05) is 0 Å². The molecule has 2 fully saturated rings. The Morgan fingerprint density at radius 1 is 1.33 bits per heavy atom. The summed E-state index contributed by atoms with van der Waals surface area (Å²) in [7, 11) is 1.94. The number of likely N-dealkylation sites (tertiary alicyclic amines) is 1. The van der Waals surface area contributed by atoms with E-state index in [0.29, 0.717) is 17.7 Å². The molecule has 1 amide bonds. The monoisotopic (exact) mass is 284 g/mol. The summed E-state index contributed by atoms with van der Waals surface area (Å²) in [6, 6.07) is 4.05. The van der Waals surface area contributed by atoms with Gasteiger partial charge in [0, 0.05) is 43.6 Å². The third-order valence-corrected chi connectivity index (χ3v) is 4.67. The second kappa shape index (κ2) is 4.83. The number of carbonyl (C=O) groups excluding carboxylic acids is 1. The number of hydrogen-bond acceptors (Lipinski definition) is 3. The molecule has 0 spiro atoms. The highest BCUT2D eigenvalue weighted by molar-refractivity contribution is 5.82. The molecule has 1 aliphatic heterocycles. The summed E-state index contributed by atoms with van der Waals surface area (Å²) in [6.45, 7) is 1.73. The van der Waals surface area contributed by atoms with E-state index in [1.165, 1.54) is 0 Å². The molecule has 21 heavy (non-hydrogen) atoms. The average Bonchev–Trinajstić information content (AvgIpc) is 3.32. The largest absolute Gasteiger partial charge is 0.342 e. The zero-order valence-electron chi connectivity index (χ0n) is 12.3. The van der Waals surface area contributed by atoms with Gasteiger partial charge < -0.3 is 4.90 Å². The summed E-state index contributed by atoms with van der Waals surface area (Å²) < 4.78 is 1.85. The van der Waals surface area contributed by atoms with Gasteiger partial charge in [0.05, 0.1) is 5.69 Å². The van der Waals surface area contributed by atoms with Gasteiger partial charge in [-0.2, -0.15) is 5.10 Å². The molecule has 1 atom stereocenters. The Kier molecular flexibility index (Phi) is 2.94. The van der Waals surface area contributed by atoms with Crippen molar-refractivity contribution in [3.05, 3.63) is 24.0 Å². The Bertz CT molecular complexity index is 689. The van der Waals surface area contributed by atoms with Crippen LogP contribution >= 0.6 is 0 Å². The van der Waals surface area contributed by atoms with E-state index in [4.69, 9.17) is 0 Å². The van der Waals surface area contributed by atoms with Crippen molar-refractivity contribution in [2.75, 3.05) is 13.1 Å². The summed E-state index contributed by atoms with van der Waals surface area (Å²) in [5.74, 6) is 1.01. The molecule has 2 aromatic heterocycles. The number of pyridine rings is 1. The van der Waals surface area contributed by atoms with Gasteiger partial charge in [0.1, 0.15) is 0 Å². The Morgan fingerprint density at radius 2 is 2.19 bits per heavy atom. The number of aromatic nitrogens is 3. The summed E-state index contributed by atoms with van der Waals surface area (Å²) in [5.41, 5.74) is 2.03. The molecule has 0 N–H and O–H groups in total. The predicted molar refractivity (Wildman–Crippen MR) is 79.8 cm³/mol. The average molecular weight is 284 g/mol. The van der Waals surface area contributed by atoms with Crippen molar-refractivity contribution >= 4 is 16.9 Å². The molecule has 2 aromatic rings. The van der Waals surface area contributed by atoms with Gasteiger partial charge in [0.2, 0.25) is 5.91 Å². The maximum Gasteiger partial charge on any atom is 0.225 e. The van der Waals surface area contributed by atoms with Gasteiger partial charge in [-0.25, -0.2) is 4.98 Å². The smallest absolute Gasteiger partial charge is 0.225 e. The van der Waals surface area contributed by atoms with Crippen molar-refractivity contribution in [2.45, 2.75) is 31.6 Å². The lowest BCUT2D eigenvalue weighted by Gasteiger charge is -2.32. The summed E-state index contributed by atoms with van der Waals surface area (Å²) in [4.78, 5) is 18.8. The van der Waals surface area contributed by atoms with Gasteiger partial charge >= 0.3 is 0 Å². The van der Waals surface area contributed by atoms with E-state index in [1.54, 1.807) is 6.20 Å². The van der Waals surface area contributed by atoms with Crippen LogP contribution in [-0.4, -0.2) is 38.7 Å². The van der Waals surface area contributed by atoms with E-state index in [-0.39, 0.29) is 0 Å². The maximum atomic E-state index is 12.3. The summed E-state index contributed by atoms with van der Waals surface area (Å²) in [5, 5.41) is 5.81. The molecule has 0 radical (unpaired) electrons. The highest BCUT2D eigenvalue weighted by Crippen LogP contribution is 2.35. The minimum Gasteiger partial charge on any atom is -0.342 e. The first-order valence-electron chi connectivity index (χ1n) is 7.80. The molecule has 0 bridgehead atoms. The summed E-state index contributed by atoms with van der Waals surface area (Å²) >= 11 is 0. The van der Waals surface area contributed by atoms with E-state index in [2.05, 4.69) is 21.0 Å². The Labute approximate surface area is 123 Å². The van der Waals surface area contributed by atoms with Crippen molar-refractivity contribution in [3.8, 4) is 0 Å². The molecular weight excluding hydrogens is 264 g/mol.